The van der Waals surface area contributed by atoms with Gasteiger partial charge in [-0.2, -0.15) is 0 Å². The molecule has 1 rings (SSSR count). The average Bonchev–Trinajstić information content (AvgIpc) is 2.37. The van der Waals surface area contributed by atoms with E-state index in [2.05, 4.69) is 22.8 Å². The van der Waals surface area contributed by atoms with E-state index in [0.717, 1.165) is 19.4 Å². The van der Waals surface area contributed by atoms with Gasteiger partial charge < -0.3 is 4.57 Å². The Labute approximate surface area is 76.2 Å². The van der Waals surface area contributed by atoms with Crippen molar-refractivity contribution >= 4 is 24.2 Å². The first kappa shape index (κ1) is 8.87. The summed E-state index contributed by atoms with van der Waals surface area (Å²) < 4.78 is 1.90. The molecule has 0 atom stereocenters. The van der Waals surface area contributed by atoms with Gasteiger partial charge in [-0.3, -0.25) is 0 Å². The van der Waals surface area contributed by atoms with Gasteiger partial charge in [0, 0.05) is 12.4 Å². The van der Waals surface area contributed by atoms with Crippen molar-refractivity contribution < 1.29 is 0 Å². The maximum absolute atomic E-state index is 5.52. The molecule has 0 spiro atoms. The van der Waals surface area contributed by atoms with Gasteiger partial charge in [0.05, 0.1) is 0 Å². The van der Waals surface area contributed by atoms with Crippen LogP contribution in [0.2, 0.25) is 0 Å². The van der Waals surface area contributed by atoms with Crippen molar-refractivity contribution in [1.82, 2.24) is 14.8 Å². The fourth-order valence-corrected chi connectivity index (χ4v) is 1.18. The summed E-state index contributed by atoms with van der Waals surface area (Å²) in [7, 11) is 0. The van der Waals surface area contributed by atoms with E-state index in [4.69, 9.17) is 11.6 Å². The van der Waals surface area contributed by atoms with Gasteiger partial charge in [0.1, 0.15) is 6.33 Å². The van der Waals surface area contributed by atoms with Gasteiger partial charge in [0.15, 0.2) is 5.16 Å². The van der Waals surface area contributed by atoms with E-state index in [9.17, 15) is 0 Å². The third kappa shape index (κ3) is 2.71. The summed E-state index contributed by atoms with van der Waals surface area (Å²) in [5.41, 5.74) is 0. The molecule has 0 fully saturated rings. The van der Waals surface area contributed by atoms with E-state index < -0.39 is 0 Å². The number of rotatable bonds is 4. The Bertz CT molecular complexity index is 213. The summed E-state index contributed by atoms with van der Waals surface area (Å²) in [6.45, 7) is 0.901. The Kier molecular flexibility index (Phi) is 3.72. The zero-order valence-electron chi connectivity index (χ0n) is 6.07. The first-order valence-electron chi connectivity index (χ1n) is 3.47. The van der Waals surface area contributed by atoms with Crippen molar-refractivity contribution in [3.8, 4) is 0 Å². The van der Waals surface area contributed by atoms with E-state index in [0.29, 0.717) is 11.0 Å². The molecule has 5 heteroatoms. The summed E-state index contributed by atoms with van der Waals surface area (Å²) in [6, 6.07) is 0. The lowest BCUT2D eigenvalue weighted by molar-refractivity contribution is 0.590. The van der Waals surface area contributed by atoms with Crippen LogP contribution in [-0.4, -0.2) is 20.6 Å². The highest BCUT2D eigenvalue weighted by Crippen LogP contribution is 2.02. The number of halogens is 1. The summed E-state index contributed by atoms with van der Waals surface area (Å²) >= 11 is 9.63. The number of nitrogens with zero attached hydrogens (tertiary/aromatic N) is 3. The van der Waals surface area contributed by atoms with Crippen LogP contribution < -0.4 is 0 Å². The van der Waals surface area contributed by atoms with Gasteiger partial charge in [-0.1, -0.05) is 0 Å². The molecule has 0 saturated heterocycles. The van der Waals surface area contributed by atoms with Gasteiger partial charge in [-0.15, -0.1) is 34.4 Å². The van der Waals surface area contributed by atoms with Crippen molar-refractivity contribution in [2.75, 3.05) is 5.88 Å². The lowest BCUT2D eigenvalue weighted by Crippen LogP contribution is -1.97. The number of aryl methyl sites for hydroxylation is 1. The number of aromatic nitrogens is 3. The van der Waals surface area contributed by atoms with Crippen LogP contribution in [-0.2, 0) is 6.54 Å². The molecule has 0 unspecified atom stereocenters. The van der Waals surface area contributed by atoms with Crippen molar-refractivity contribution in [3.05, 3.63) is 6.33 Å². The minimum atomic E-state index is 0.666. The number of hydrogen-bond acceptors (Lipinski definition) is 3. The Hall–Kier alpha value is -0.220. The second kappa shape index (κ2) is 4.62. The summed E-state index contributed by atoms with van der Waals surface area (Å²) in [6.07, 6.45) is 3.75. The SMILES string of the molecule is Sc1nncn1CCCCCl. The van der Waals surface area contributed by atoms with E-state index in [1.54, 1.807) is 6.33 Å². The van der Waals surface area contributed by atoms with E-state index in [1.165, 1.54) is 0 Å². The summed E-state index contributed by atoms with van der Waals surface area (Å²) in [5.74, 6) is 0.712. The van der Waals surface area contributed by atoms with Crippen LogP contribution in [0.5, 0.6) is 0 Å². The minimum Gasteiger partial charge on any atom is -0.309 e. The molecule has 0 amide bonds. The molecule has 0 aliphatic rings. The van der Waals surface area contributed by atoms with Crippen molar-refractivity contribution in [2.24, 2.45) is 0 Å². The number of unbranched alkanes of at least 4 members (excludes halogenated alkanes) is 1. The maximum Gasteiger partial charge on any atom is 0.187 e. The maximum atomic E-state index is 5.52. The van der Waals surface area contributed by atoms with Crippen LogP contribution in [0.4, 0.5) is 0 Å². The van der Waals surface area contributed by atoms with E-state index >= 15 is 0 Å². The fraction of sp³-hybridized carbons (Fsp3) is 0.667. The predicted octanol–water partition coefficient (Wildman–Crippen LogP) is 1.59. The number of thiol groups is 1. The quantitative estimate of drug-likeness (QED) is 0.445. The van der Waals surface area contributed by atoms with Crippen LogP contribution in [0.3, 0.4) is 0 Å². The van der Waals surface area contributed by atoms with Gasteiger partial charge in [0.2, 0.25) is 0 Å². The van der Waals surface area contributed by atoms with Gasteiger partial charge >= 0.3 is 0 Å². The lowest BCUT2D eigenvalue weighted by Gasteiger charge is -1.99. The lowest BCUT2D eigenvalue weighted by atomic mass is 10.3. The topological polar surface area (TPSA) is 30.7 Å². The molecule has 0 aromatic carbocycles. The highest BCUT2D eigenvalue weighted by molar-refractivity contribution is 7.80. The van der Waals surface area contributed by atoms with Crippen molar-refractivity contribution in [1.29, 1.82) is 0 Å². The molecule has 0 aliphatic heterocycles. The highest BCUT2D eigenvalue weighted by Gasteiger charge is 1.96. The second-order valence-corrected chi connectivity index (χ2v) is 3.00. The van der Waals surface area contributed by atoms with Crippen molar-refractivity contribution in [2.45, 2.75) is 24.5 Å². The van der Waals surface area contributed by atoms with Gasteiger partial charge in [-0.05, 0) is 12.8 Å². The standard InChI is InChI=1S/C6H10ClN3S/c7-3-1-2-4-10-5-8-9-6(10)11/h5H,1-4H2,(H,9,11). The Morgan fingerprint density at radius 1 is 1.55 bits per heavy atom. The fourth-order valence-electron chi connectivity index (χ4n) is 0.783. The van der Waals surface area contributed by atoms with Crippen LogP contribution in [0.15, 0.2) is 11.5 Å². The number of alkyl halides is 1. The van der Waals surface area contributed by atoms with Crippen molar-refractivity contribution in [3.63, 3.8) is 0 Å². The molecule has 0 aliphatic carbocycles. The summed E-state index contributed by atoms with van der Waals surface area (Å²) in [5, 5.41) is 8.11. The van der Waals surface area contributed by atoms with Crippen LogP contribution in [0.25, 0.3) is 0 Å². The molecule has 11 heavy (non-hydrogen) atoms. The Morgan fingerprint density at radius 2 is 2.36 bits per heavy atom. The van der Waals surface area contributed by atoms with Crippen LogP contribution in [0, 0.1) is 0 Å². The third-order valence-electron chi connectivity index (χ3n) is 1.38. The zero-order chi connectivity index (χ0) is 8.10. The van der Waals surface area contributed by atoms with Crippen LogP contribution >= 0.6 is 24.2 Å². The van der Waals surface area contributed by atoms with Crippen LogP contribution in [0.1, 0.15) is 12.8 Å². The first-order chi connectivity index (χ1) is 5.34. The van der Waals surface area contributed by atoms with E-state index in [1.807, 2.05) is 4.57 Å². The molecule has 3 nitrogen and oxygen atoms in total. The third-order valence-corrected chi connectivity index (χ3v) is 1.99. The second-order valence-electron chi connectivity index (χ2n) is 2.22. The van der Waals surface area contributed by atoms with E-state index in [-0.39, 0.29) is 0 Å². The average molecular weight is 192 g/mol. The smallest absolute Gasteiger partial charge is 0.187 e. The largest absolute Gasteiger partial charge is 0.309 e. The number of hydrogen-bond donors (Lipinski definition) is 1. The zero-order valence-corrected chi connectivity index (χ0v) is 7.72. The summed E-state index contributed by atoms with van der Waals surface area (Å²) in [4.78, 5) is 0. The Balaban J connectivity index is 2.32. The van der Waals surface area contributed by atoms with Gasteiger partial charge in [0.25, 0.3) is 0 Å². The predicted molar refractivity (Wildman–Crippen MR) is 47.2 cm³/mol. The molecule has 62 valence electrons. The monoisotopic (exact) mass is 191 g/mol. The molecular weight excluding hydrogens is 182 g/mol. The minimum absolute atomic E-state index is 0.666. The normalized spacial score (nSPS) is 10.4. The highest BCUT2D eigenvalue weighted by atomic mass is 35.5. The molecular formula is C6H10ClN3S. The van der Waals surface area contributed by atoms with Gasteiger partial charge in [-0.25, -0.2) is 0 Å². The molecule has 0 bridgehead atoms. The first-order valence-corrected chi connectivity index (χ1v) is 4.45. The molecule has 0 saturated carbocycles. The molecule has 1 heterocycles. The molecule has 1 aromatic heterocycles. The molecule has 0 N–H and O–H groups in total. The molecule has 1 aromatic rings. The Morgan fingerprint density at radius 3 is 2.91 bits per heavy atom. The molecule has 0 radical (unpaired) electrons.